The summed E-state index contributed by atoms with van der Waals surface area (Å²) < 4.78 is 14.6. The Balaban J connectivity index is 1.61. The molecule has 0 aromatic heterocycles. The largest absolute Gasteiger partial charge is 0.341 e. The van der Waals surface area contributed by atoms with E-state index in [9.17, 15) is 14.0 Å². The Morgan fingerprint density at radius 3 is 2.60 bits per heavy atom. The second kappa shape index (κ2) is 10.1. The number of nitrogens with one attached hydrogen (secondary N) is 2. The smallest absolute Gasteiger partial charge is 0.269 e. The number of hydrogen-bond donors (Lipinski definition) is 2. The van der Waals surface area contributed by atoms with E-state index in [2.05, 4.69) is 10.3 Å². The zero-order valence-corrected chi connectivity index (χ0v) is 18.4. The molecule has 1 saturated heterocycles. The SMILES string of the molecule is Cc1cc(-c2ccccc2)cc(C(=O)NNSC2CCCN(C(=O)C(C)C)C2)c1F. The van der Waals surface area contributed by atoms with Crippen LogP contribution in [-0.4, -0.2) is 35.1 Å². The molecule has 1 aliphatic heterocycles. The van der Waals surface area contributed by atoms with Gasteiger partial charge >= 0.3 is 0 Å². The molecule has 0 spiro atoms. The Kier molecular flexibility index (Phi) is 7.50. The Bertz CT molecular complexity index is 905. The topological polar surface area (TPSA) is 61.4 Å². The summed E-state index contributed by atoms with van der Waals surface area (Å²) in [5, 5.41) is 0.170. The lowest BCUT2D eigenvalue weighted by molar-refractivity contribution is -0.135. The monoisotopic (exact) mass is 429 g/mol. The van der Waals surface area contributed by atoms with E-state index in [1.54, 1.807) is 19.1 Å². The van der Waals surface area contributed by atoms with Crippen molar-refractivity contribution in [2.75, 3.05) is 13.1 Å². The van der Waals surface area contributed by atoms with Crippen molar-refractivity contribution in [3.63, 3.8) is 0 Å². The average Bonchev–Trinajstić information content (AvgIpc) is 2.75. The summed E-state index contributed by atoms with van der Waals surface area (Å²) >= 11 is 1.37. The van der Waals surface area contributed by atoms with Gasteiger partial charge < -0.3 is 4.90 Å². The van der Waals surface area contributed by atoms with Crippen LogP contribution in [0, 0.1) is 18.7 Å². The molecule has 5 nitrogen and oxygen atoms in total. The summed E-state index contributed by atoms with van der Waals surface area (Å²) in [6.07, 6.45) is 1.88. The maximum absolute atomic E-state index is 14.6. The van der Waals surface area contributed by atoms with E-state index >= 15 is 0 Å². The number of piperidine rings is 1. The van der Waals surface area contributed by atoms with Crippen LogP contribution >= 0.6 is 11.9 Å². The number of amides is 2. The van der Waals surface area contributed by atoms with Gasteiger partial charge in [0.15, 0.2) is 0 Å². The van der Waals surface area contributed by atoms with Crippen LogP contribution in [-0.2, 0) is 4.79 Å². The highest BCUT2D eigenvalue weighted by molar-refractivity contribution is 7.98. The number of rotatable bonds is 6. The molecule has 1 fully saturated rings. The Morgan fingerprint density at radius 1 is 1.17 bits per heavy atom. The number of benzene rings is 2. The highest BCUT2D eigenvalue weighted by Gasteiger charge is 2.25. The number of nitrogens with zero attached hydrogens (tertiary/aromatic N) is 1. The lowest BCUT2D eigenvalue weighted by atomic mass is 9.99. The predicted molar refractivity (Wildman–Crippen MR) is 119 cm³/mol. The lowest BCUT2D eigenvalue weighted by Crippen LogP contribution is -2.44. The van der Waals surface area contributed by atoms with Gasteiger partial charge in [-0.25, -0.2) is 4.39 Å². The second-order valence-corrected chi connectivity index (χ2v) is 9.00. The standard InChI is InChI=1S/C23H28FN3O2S/c1-15(2)23(29)27-11-7-10-19(14-27)30-26-25-22(28)20-13-18(12-16(3)21(20)24)17-8-5-4-6-9-17/h4-6,8-9,12-13,15,19,26H,7,10-11,14H2,1-3H3,(H,25,28). The van der Waals surface area contributed by atoms with E-state index in [1.807, 2.05) is 49.1 Å². The molecule has 1 atom stereocenters. The quantitative estimate of drug-likeness (QED) is 0.530. The van der Waals surface area contributed by atoms with Gasteiger partial charge in [0.2, 0.25) is 5.91 Å². The third kappa shape index (κ3) is 5.40. The van der Waals surface area contributed by atoms with Crippen molar-refractivity contribution in [3.8, 4) is 11.1 Å². The fourth-order valence-electron chi connectivity index (χ4n) is 3.56. The van der Waals surface area contributed by atoms with E-state index in [1.165, 1.54) is 11.9 Å². The molecular formula is C23H28FN3O2S. The van der Waals surface area contributed by atoms with Crippen molar-refractivity contribution in [2.24, 2.45) is 5.92 Å². The van der Waals surface area contributed by atoms with Gasteiger partial charge in [-0.2, -0.15) is 4.83 Å². The van der Waals surface area contributed by atoms with Crippen molar-refractivity contribution in [3.05, 3.63) is 59.4 Å². The predicted octanol–water partition coefficient (Wildman–Crippen LogP) is 4.33. The van der Waals surface area contributed by atoms with Crippen molar-refractivity contribution < 1.29 is 14.0 Å². The van der Waals surface area contributed by atoms with Crippen molar-refractivity contribution >= 4 is 23.8 Å². The highest BCUT2D eigenvalue weighted by Crippen LogP contribution is 2.25. The number of aryl methyl sites for hydroxylation is 1. The van der Waals surface area contributed by atoms with Crippen LogP contribution in [0.2, 0.25) is 0 Å². The van der Waals surface area contributed by atoms with Gasteiger partial charge in [-0.15, -0.1) is 0 Å². The summed E-state index contributed by atoms with van der Waals surface area (Å²) in [5.41, 5.74) is 4.73. The molecule has 0 bridgehead atoms. The third-order valence-corrected chi connectivity index (χ3v) is 6.12. The molecule has 1 unspecified atom stereocenters. The molecule has 3 rings (SSSR count). The van der Waals surface area contributed by atoms with Gasteiger partial charge in [-0.1, -0.05) is 56.1 Å². The Morgan fingerprint density at radius 2 is 1.90 bits per heavy atom. The van der Waals surface area contributed by atoms with Gasteiger partial charge in [0, 0.05) is 24.3 Å². The number of hydrazine groups is 1. The van der Waals surface area contributed by atoms with E-state index in [0.29, 0.717) is 12.1 Å². The van der Waals surface area contributed by atoms with Crippen LogP contribution in [0.3, 0.4) is 0 Å². The molecule has 7 heteroatoms. The first-order valence-electron chi connectivity index (χ1n) is 10.2. The van der Waals surface area contributed by atoms with Crippen LogP contribution < -0.4 is 10.3 Å². The summed E-state index contributed by atoms with van der Waals surface area (Å²) in [6.45, 7) is 6.87. The Labute approximate surface area is 181 Å². The van der Waals surface area contributed by atoms with Crippen LogP contribution in [0.1, 0.15) is 42.6 Å². The van der Waals surface area contributed by atoms with E-state index in [-0.39, 0.29) is 22.6 Å². The molecule has 2 aromatic carbocycles. The summed E-state index contributed by atoms with van der Waals surface area (Å²) in [7, 11) is 0. The van der Waals surface area contributed by atoms with E-state index in [4.69, 9.17) is 0 Å². The molecular weight excluding hydrogens is 401 g/mol. The molecule has 160 valence electrons. The van der Waals surface area contributed by atoms with E-state index < -0.39 is 11.7 Å². The summed E-state index contributed by atoms with van der Waals surface area (Å²) in [4.78, 5) is 29.6. The van der Waals surface area contributed by atoms with E-state index in [0.717, 1.165) is 30.5 Å². The Hall–Kier alpha value is -2.38. The molecule has 0 saturated carbocycles. The lowest BCUT2D eigenvalue weighted by Gasteiger charge is -2.33. The van der Waals surface area contributed by atoms with Crippen molar-refractivity contribution in [2.45, 2.75) is 38.9 Å². The van der Waals surface area contributed by atoms with Gasteiger partial charge in [-0.05, 0) is 48.6 Å². The van der Waals surface area contributed by atoms with Gasteiger partial charge in [0.25, 0.3) is 5.91 Å². The van der Waals surface area contributed by atoms with Gasteiger partial charge in [0.1, 0.15) is 5.82 Å². The number of likely N-dealkylation sites (tertiary alicyclic amines) is 1. The molecule has 2 amide bonds. The third-order valence-electron chi connectivity index (χ3n) is 5.18. The zero-order valence-electron chi connectivity index (χ0n) is 17.6. The fraction of sp³-hybridized carbons (Fsp3) is 0.391. The minimum absolute atomic E-state index is 0.00205. The fourth-order valence-corrected chi connectivity index (χ4v) is 4.42. The maximum atomic E-state index is 14.6. The molecule has 1 heterocycles. The maximum Gasteiger partial charge on any atom is 0.269 e. The normalized spacial score (nSPS) is 16.6. The van der Waals surface area contributed by atoms with Gasteiger partial charge in [-0.3, -0.25) is 15.0 Å². The van der Waals surface area contributed by atoms with Gasteiger partial charge in [0.05, 0.1) is 5.56 Å². The number of hydrogen-bond acceptors (Lipinski definition) is 4. The van der Waals surface area contributed by atoms with Crippen LogP contribution in [0.5, 0.6) is 0 Å². The number of carbonyl (C=O) groups is 2. The second-order valence-electron chi connectivity index (χ2n) is 7.90. The number of halogens is 1. The minimum atomic E-state index is -0.523. The zero-order chi connectivity index (χ0) is 21.7. The molecule has 30 heavy (non-hydrogen) atoms. The first-order chi connectivity index (χ1) is 14.4. The molecule has 0 aliphatic carbocycles. The summed E-state index contributed by atoms with van der Waals surface area (Å²) in [5.74, 6) is -0.915. The summed E-state index contributed by atoms with van der Waals surface area (Å²) in [6, 6.07) is 12.9. The number of carbonyl (C=O) groups excluding carboxylic acids is 2. The highest BCUT2D eigenvalue weighted by atomic mass is 32.2. The molecule has 0 radical (unpaired) electrons. The van der Waals surface area contributed by atoms with Crippen LogP contribution in [0.15, 0.2) is 42.5 Å². The molecule has 2 N–H and O–H groups in total. The first kappa shape index (κ1) is 22.3. The molecule has 1 aliphatic rings. The van der Waals surface area contributed by atoms with Crippen LogP contribution in [0.25, 0.3) is 11.1 Å². The first-order valence-corrected chi connectivity index (χ1v) is 11.1. The van der Waals surface area contributed by atoms with Crippen molar-refractivity contribution in [1.82, 2.24) is 15.2 Å². The average molecular weight is 430 g/mol. The van der Waals surface area contributed by atoms with Crippen molar-refractivity contribution in [1.29, 1.82) is 0 Å². The molecule has 2 aromatic rings. The van der Waals surface area contributed by atoms with Crippen LogP contribution in [0.4, 0.5) is 4.39 Å². The minimum Gasteiger partial charge on any atom is -0.341 e.